The number of ether oxygens (including phenoxy) is 1. The van der Waals surface area contributed by atoms with Crippen LogP contribution in [0, 0.1) is 0 Å². The number of rotatable bonds is 2. The molecule has 72 valence electrons. The van der Waals surface area contributed by atoms with Gasteiger partial charge in [-0.15, -0.1) is 11.8 Å². The summed E-state index contributed by atoms with van der Waals surface area (Å²) in [6.07, 6.45) is 4.04. The van der Waals surface area contributed by atoms with Gasteiger partial charge in [0, 0.05) is 4.75 Å². The van der Waals surface area contributed by atoms with Crippen molar-refractivity contribution >= 4 is 11.8 Å². The predicted octanol–water partition coefficient (Wildman–Crippen LogP) is 3.43. The molecule has 0 saturated carbocycles. The van der Waals surface area contributed by atoms with Crippen molar-refractivity contribution in [3.63, 3.8) is 0 Å². The van der Waals surface area contributed by atoms with Gasteiger partial charge in [0.15, 0.2) is 0 Å². The maximum absolute atomic E-state index is 5.83. The van der Waals surface area contributed by atoms with Crippen LogP contribution in [0.15, 0.2) is 0 Å². The lowest BCUT2D eigenvalue weighted by Crippen LogP contribution is -2.35. The van der Waals surface area contributed by atoms with E-state index in [9.17, 15) is 0 Å². The third kappa shape index (κ3) is 2.98. The summed E-state index contributed by atoms with van der Waals surface area (Å²) in [5, 5.41) is 0. The molecule has 1 heterocycles. The van der Waals surface area contributed by atoms with Crippen LogP contribution >= 0.6 is 11.8 Å². The van der Waals surface area contributed by atoms with Crippen molar-refractivity contribution in [1.82, 2.24) is 0 Å². The van der Waals surface area contributed by atoms with Gasteiger partial charge < -0.3 is 4.74 Å². The lowest BCUT2D eigenvalue weighted by Gasteiger charge is -2.38. The highest BCUT2D eigenvalue weighted by Crippen LogP contribution is 2.40. The Morgan fingerprint density at radius 3 is 2.67 bits per heavy atom. The van der Waals surface area contributed by atoms with E-state index in [4.69, 9.17) is 4.74 Å². The second kappa shape index (κ2) is 4.01. The molecule has 1 aliphatic heterocycles. The summed E-state index contributed by atoms with van der Waals surface area (Å²) in [6, 6.07) is 0. The molecule has 1 nitrogen and oxygen atoms in total. The fourth-order valence-corrected chi connectivity index (χ4v) is 3.44. The Hall–Kier alpha value is 0.310. The van der Waals surface area contributed by atoms with Gasteiger partial charge in [0.25, 0.3) is 0 Å². The van der Waals surface area contributed by atoms with Crippen molar-refractivity contribution in [1.29, 1.82) is 0 Å². The van der Waals surface area contributed by atoms with Gasteiger partial charge in [-0.05, 0) is 19.8 Å². The van der Waals surface area contributed by atoms with Crippen molar-refractivity contribution in [2.24, 2.45) is 0 Å². The number of hydrogen-bond acceptors (Lipinski definition) is 2. The summed E-state index contributed by atoms with van der Waals surface area (Å²) >= 11 is 1.99. The van der Waals surface area contributed by atoms with Crippen LogP contribution in [0.4, 0.5) is 0 Å². The molecule has 0 N–H and O–H groups in total. The molecular formula is C10H20OS. The zero-order valence-corrected chi connectivity index (χ0v) is 9.41. The average molecular weight is 188 g/mol. The highest BCUT2D eigenvalue weighted by Gasteiger charge is 2.32. The van der Waals surface area contributed by atoms with Crippen LogP contribution in [0.1, 0.15) is 47.0 Å². The Morgan fingerprint density at radius 1 is 1.50 bits per heavy atom. The lowest BCUT2D eigenvalue weighted by molar-refractivity contribution is 0.0212. The van der Waals surface area contributed by atoms with Crippen LogP contribution < -0.4 is 0 Å². The molecule has 1 aliphatic rings. The van der Waals surface area contributed by atoms with E-state index >= 15 is 0 Å². The first-order valence-electron chi connectivity index (χ1n) is 4.87. The molecule has 0 aromatic rings. The number of thioether (sulfide) groups is 1. The van der Waals surface area contributed by atoms with Gasteiger partial charge in [-0.2, -0.15) is 0 Å². The van der Waals surface area contributed by atoms with Crippen molar-refractivity contribution in [2.45, 2.75) is 63.2 Å². The third-order valence-corrected chi connectivity index (χ3v) is 3.55. The summed E-state index contributed by atoms with van der Waals surface area (Å²) in [5.41, 5.74) is 0.439. The van der Waals surface area contributed by atoms with E-state index < -0.39 is 0 Å². The Labute approximate surface area is 80.3 Å². The fraction of sp³-hybridized carbons (Fsp3) is 1.00. The average Bonchev–Trinajstić information content (AvgIpc) is 1.82. The minimum Gasteiger partial charge on any atom is -0.365 e. The lowest BCUT2D eigenvalue weighted by atomic mass is 10.1. The smallest absolute Gasteiger partial charge is 0.104 e. The van der Waals surface area contributed by atoms with Crippen LogP contribution in [-0.2, 0) is 4.74 Å². The first-order chi connectivity index (χ1) is 5.53. The van der Waals surface area contributed by atoms with Gasteiger partial charge in [-0.3, -0.25) is 0 Å². The van der Waals surface area contributed by atoms with E-state index in [0.717, 1.165) is 0 Å². The largest absolute Gasteiger partial charge is 0.365 e. The highest BCUT2D eigenvalue weighted by molar-refractivity contribution is 8.01. The first kappa shape index (κ1) is 10.4. The molecule has 0 aromatic carbocycles. The molecule has 12 heavy (non-hydrogen) atoms. The molecule has 1 saturated heterocycles. The molecule has 0 aliphatic carbocycles. The summed E-state index contributed by atoms with van der Waals surface area (Å²) in [6.45, 7) is 9.04. The van der Waals surface area contributed by atoms with E-state index in [2.05, 4.69) is 27.7 Å². The molecule has 0 aromatic heterocycles. The first-order valence-corrected chi connectivity index (χ1v) is 5.75. The van der Waals surface area contributed by atoms with Crippen molar-refractivity contribution in [3.05, 3.63) is 0 Å². The Balaban J connectivity index is 2.46. The van der Waals surface area contributed by atoms with Gasteiger partial charge in [0.05, 0.1) is 6.10 Å². The van der Waals surface area contributed by atoms with Crippen LogP contribution in [0.2, 0.25) is 0 Å². The topological polar surface area (TPSA) is 9.23 Å². The van der Waals surface area contributed by atoms with Crippen molar-refractivity contribution < 1.29 is 4.74 Å². The van der Waals surface area contributed by atoms with Gasteiger partial charge >= 0.3 is 0 Å². The summed E-state index contributed by atoms with van der Waals surface area (Å²) in [5.74, 6) is 0. The fourth-order valence-electron chi connectivity index (χ4n) is 1.79. The second-order valence-electron chi connectivity index (χ2n) is 4.25. The van der Waals surface area contributed by atoms with Crippen LogP contribution in [0.25, 0.3) is 0 Å². The highest BCUT2D eigenvalue weighted by atomic mass is 32.2. The summed E-state index contributed by atoms with van der Waals surface area (Å²) in [7, 11) is 0. The molecule has 2 unspecified atom stereocenters. The van der Waals surface area contributed by atoms with Crippen LogP contribution in [0.5, 0.6) is 0 Å². The van der Waals surface area contributed by atoms with Gasteiger partial charge in [0.2, 0.25) is 0 Å². The molecule has 1 fully saturated rings. The van der Waals surface area contributed by atoms with E-state index in [0.29, 0.717) is 16.3 Å². The molecule has 0 radical (unpaired) electrons. The van der Waals surface area contributed by atoms with Gasteiger partial charge in [-0.1, -0.05) is 27.2 Å². The Bertz CT molecular complexity index is 145. The second-order valence-corrected chi connectivity index (χ2v) is 6.11. The maximum Gasteiger partial charge on any atom is 0.104 e. The normalized spacial score (nSPS) is 35.0. The monoisotopic (exact) mass is 188 g/mol. The molecule has 0 spiro atoms. The molecule has 0 bridgehead atoms. The van der Waals surface area contributed by atoms with Gasteiger partial charge in [0.1, 0.15) is 5.44 Å². The summed E-state index contributed by atoms with van der Waals surface area (Å²) in [4.78, 5) is 0. The molecule has 2 heteroatoms. The SMILES string of the molecule is CCCC1OC(C)CC(C)(C)S1. The Morgan fingerprint density at radius 2 is 2.17 bits per heavy atom. The predicted molar refractivity (Wildman–Crippen MR) is 55.5 cm³/mol. The minimum absolute atomic E-state index is 0.414. The zero-order valence-electron chi connectivity index (χ0n) is 8.59. The standard InChI is InChI=1S/C10H20OS/c1-5-6-9-11-8(2)7-10(3,4)12-9/h8-9H,5-7H2,1-4H3. The van der Waals surface area contributed by atoms with Crippen molar-refractivity contribution in [3.8, 4) is 0 Å². The summed E-state index contributed by atoms with van der Waals surface area (Å²) < 4.78 is 6.24. The van der Waals surface area contributed by atoms with Crippen LogP contribution in [0.3, 0.4) is 0 Å². The van der Waals surface area contributed by atoms with E-state index in [1.165, 1.54) is 19.3 Å². The van der Waals surface area contributed by atoms with Crippen LogP contribution in [-0.4, -0.2) is 16.3 Å². The van der Waals surface area contributed by atoms with E-state index in [-0.39, 0.29) is 0 Å². The third-order valence-electron chi connectivity index (χ3n) is 2.14. The molecule has 0 amide bonds. The molecule has 1 rings (SSSR count). The van der Waals surface area contributed by atoms with E-state index in [1.54, 1.807) is 0 Å². The Kier molecular flexibility index (Phi) is 3.47. The van der Waals surface area contributed by atoms with E-state index in [1.807, 2.05) is 11.8 Å². The zero-order chi connectivity index (χ0) is 9.19. The molecule has 2 atom stereocenters. The number of hydrogen-bond donors (Lipinski definition) is 0. The minimum atomic E-state index is 0.414. The van der Waals surface area contributed by atoms with Gasteiger partial charge in [-0.25, -0.2) is 0 Å². The van der Waals surface area contributed by atoms with Crippen molar-refractivity contribution in [2.75, 3.05) is 0 Å². The molecular weight excluding hydrogens is 168 g/mol. The maximum atomic E-state index is 5.83. The quantitative estimate of drug-likeness (QED) is 0.656.